The van der Waals surface area contributed by atoms with Gasteiger partial charge in [0.15, 0.2) is 10.8 Å². The maximum Gasteiger partial charge on any atom is 0.315 e. The summed E-state index contributed by atoms with van der Waals surface area (Å²) >= 11 is 5.95. The Morgan fingerprint density at radius 1 is 1.47 bits per heavy atom. The highest BCUT2D eigenvalue weighted by Gasteiger charge is 2.29. The molecule has 17 heavy (non-hydrogen) atoms. The van der Waals surface area contributed by atoms with Gasteiger partial charge in [0.25, 0.3) is 5.88 Å². The van der Waals surface area contributed by atoms with Gasteiger partial charge in [0.1, 0.15) is 11.8 Å². The van der Waals surface area contributed by atoms with Crippen LogP contribution in [0.4, 0.5) is 0 Å². The molecule has 1 aliphatic carbocycles. The fourth-order valence-corrected chi connectivity index (χ4v) is 1.94. The molecule has 2 aromatic heterocycles. The Balaban J connectivity index is 2.44. The van der Waals surface area contributed by atoms with Gasteiger partial charge in [-0.05, 0) is 12.8 Å². The molecule has 0 amide bonds. The maximum absolute atomic E-state index is 12.1. The molecule has 0 atom stereocenters. The van der Waals surface area contributed by atoms with Gasteiger partial charge >= 0.3 is 5.56 Å². The summed E-state index contributed by atoms with van der Waals surface area (Å²) in [6, 6.07) is 0.174. The van der Waals surface area contributed by atoms with Crippen LogP contribution in [0.5, 0.6) is 5.88 Å². The number of fused-ring (bicyclic) bond motifs is 1. The number of hydrogen-bond acceptors (Lipinski definition) is 5. The van der Waals surface area contributed by atoms with Crippen LogP contribution in [-0.4, -0.2) is 26.6 Å². The van der Waals surface area contributed by atoms with Gasteiger partial charge in [-0.15, -0.1) is 0 Å². The summed E-state index contributed by atoms with van der Waals surface area (Å²) in [6.45, 7) is 0. The first-order chi connectivity index (χ1) is 8.22. The number of hydrogen-bond donors (Lipinski definition) is 0. The second-order valence-corrected chi connectivity index (χ2v) is 4.22. The van der Waals surface area contributed by atoms with E-state index >= 15 is 0 Å². The Morgan fingerprint density at radius 3 is 2.88 bits per heavy atom. The summed E-state index contributed by atoms with van der Waals surface area (Å²) in [5, 5.41) is 0.225. The summed E-state index contributed by atoms with van der Waals surface area (Å²) < 4.78 is 6.56. The van der Waals surface area contributed by atoms with Crippen molar-refractivity contribution in [3.63, 3.8) is 0 Å². The van der Waals surface area contributed by atoms with Crippen LogP contribution in [0.25, 0.3) is 11.2 Å². The first kappa shape index (κ1) is 10.5. The molecule has 0 aromatic carbocycles. The van der Waals surface area contributed by atoms with Gasteiger partial charge < -0.3 is 4.74 Å². The van der Waals surface area contributed by atoms with E-state index < -0.39 is 0 Å². The normalized spacial score (nSPS) is 15.2. The average molecular weight is 253 g/mol. The summed E-state index contributed by atoms with van der Waals surface area (Å²) in [5.74, 6) is 0.0288. The van der Waals surface area contributed by atoms with Gasteiger partial charge in [-0.25, -0.2) is 15.0 Å². The molecule has 0 N–H and O–H groups in total. The molecule has 7 heteroatoms. The monoisotopic (exact) mass is 252 g/mol. The molecule has 0 spiro atoms. The van der Waals surface area contributed by atoms with E-state index in [1.165, 1.54) is 13.4 Å². The van der Waals surface area contributed by atoms with Crippen LogP contribution in [0, 0.1) is 0 Å². The summed E-state index contributed by atoms with van der Waals surface area (Å²) in [7, 11) is 1.41. The van der Waals surface area contributed by atoms with Crippen molar-refractivity contribution in [3.05, 3.63) is 21.8 Å². The zero-order valence-corrected chi connectivity index (χ0v) is 9.81. The van der Waals surface area contributed by atoms with Gasteiger partial charge in [0.2, 0.25) is 0 Å². The first-order valence-electron chi connectivity index (χ1n) is 5.19. The molecule has 2 heterocycles. The summed E-state index contributed by atoms with van der Waals surface area (Å²) in [4.78, 5) is 24.1. The number of ether oxygens (including phenoxy) is 1. The van der Waals surface area contributed by atoms with E-state index in [1.807, 2.05) is 0 Å². The minimum atomic E-state index is -0.266. The Hall–Kier alpha value is -1.69. The number of aromatic nitrogens is 4. The second kappa shape index (κ2) is 3.66. The molecule has 6 nitrogen and oxygen atoms in total. The maximum atomic E-state index is 12.1. The molecular formula is C10H9ClN4O2. The van der Waals surface area contributed by atoms with E-state index in [9.17, 15) is 4.79 Å². The molecule has 1 fully saturated rings. The smallest absolute Gasteiger partial charge is 0.315 e. The number of halogens is 1. The molecule has 2 aromatic rings. The largest absolute Gasteiger partial charge is 0.477 e. The molecule has 1 aliphatic rings. The number of nitrogens with zero attached hydrogens (tertiary/aromatic N) is 4. The molecule has 88 valence electrons. The van der Waals surface area contributed by atoms with Gasteiger partial charge in [-0.2, -0.15) is 0 Å². The predicted octanol–water partition coefficient (Wildman–Crippen LogP) is 1.18. The quantitative estimate of drug-likeness (QED) is 0.751. The van der Waals surface area contributed by atoms with E-state index in [4.69, 9.17) is 16.3 Å². The predicted molar refractivity (Wildman–Crippen MR) is 61.4 cm³/mol. The van der Waals surface area contributed by atoms with Gasteiger partial charge in [0, 0.05) is 6.04 Å². The Morgan fingerprint density at radius 2 is 2.24 bits per heavy atom. The van der Waals surface area contributed by atoms with Gasteiger partial charge in [-0.3, -0.25) is 9.36 Å². The van der Waals surface area contributed by atoms with Crippen LogP contribution >= 0.6 is 11.6 Å². The highest BCUT2D eigenvalue weighted by molar-refractivity contribution is 6.33. The van der Waals surface area contributed by atoms with Crippen molar-refractivity contribution in [2.45, 2.75) is 18.9 Å². The zero-order chi connectivity index (χ0) is 12.0. The first-order valence-corrected chi connectivity index (χ1v) is 5.57. The third kappa shape index (κ3) is 1.56. The SMILES string of the molecule is COc1nc2c(Cl)ncnc2n(C2CC2)c1=O. The van der Waals surface area contributed by atoms with Crippen LogP contribution in [-0.2, 0) is 0 Å². The lowest BCUT2D eigenvalue weighted by molar-refractivity contribution is 0.387. The third-order valence-corrected chi connectivity index (χ3v) is 2.98. The fourth-order valence-electron chi connectivity index (χ4n) is 1.77. The van der Waals surface area contributed by atoms with Crippen molar-refractivity contribution in [2.75, 3.05) is 7.11 Å². The molecule has 0 unspecified atom stereocenters. The van der Waals surface area contributed by atoms with Gasteiger partial charge in [0.05, 0.1) is 7.11 Å². The van der Waals surface area contributed by atoms with Crippen molar-refractivity contribution in [1.29, 1.82) is 0 Å². The minimum Gasteiger partial charge on any atom is -0.477 e. The summed E-state index contributed by atoms with van der Waals surface area (Å²) in [5.41, 5.74) is 0.605. The van der Waals surface area contributed by atoms with Crippen LogP contribution in [0.1, 0.15) is 18.9 Å². The fraction of sp³-hybridized carbons (Fsp3) is 0.400. The van der Waals surface area contributed by atoms with Crippen molar-refractivity contribution in [1.82, 2.24) is 19.5 Å². The lowest BCUT2D eigenvalue weighted by atomic mass is 10.4. The van der Waals surface area contributed by atoms with E-state index in [0.717, 1.165) is 12.8 Å². The van der Waals surface area contributed by atoms with E-state index in [2.05, 4.69) is 15.0 Å². The minimum absolute atomic E-state index is 0.0288. The highest BCUT2D eigenvalue weighted by Crippen LogP contribution is 2.36. The third-order valence-electron chi connectivity index (χ3n) is 2.71. The molecule has 0 radical (unpaired) electrons. The zero-order valence-electron chi connectivity index (χ0n) is 9.05. The van der Waals surface area contributed by atoms with Crippen LogP contribution in [0.3, 0.4) is 0 Å². The standard InChI is InChI=1S/C10H9ClN4O2/c1-17-9-10(16)15(5-2-3-5)8-6(14-9)7(11)12-4-13-8/h4-5H,2-3H2,1H3. The number of rotatable bonds is 2. The Labute approximate surface area is 101 Å². The Kier molecular flexibility index (Phi) is 2.25. The average Bonchev–Trinajstić information content (AvgIpc) is 3.13. The van der Waals surface area contributed by atoms with Crippen molar-refractivity contribution < 1.29 is 4.74 Å². The van der Waals surface area contributed by atoms with E-state index in [-0.39, 0.29) is 22.6 Å². The molecule has 0 saturated heterocycles. The van der Waals surface area contributed by atoms with Crippen LogP contribution < -0.4 is 10.3 Å². The van der Waals surface area contributed by atoms with Crippen LogP contribution in [0.15, 0.2) is 11.1 Å². The molecule has 0 bridgehead atoms. The van der Waals surface area contributed by atoms with Crippen molar-refractivity contribution >= 4 is 22.8 Å². The van der Waals surface area contributed by atoms with E-state index in [0.29, 0.717) is 11.2 Å². The lowest BCUT2D eigenvalue weighted by Gasteiger charge is -2.09. The van der Waals surface area contributed by atoms with Crippen molar-refractivity contribution in [3.8, 4) is 5.88 Å². The van der Waals surface area contributed by atoms with E-state index in [1.54, 1.807) is 4.57 Å². The molecular weight excluding hydrogens is 244 g/mol. The van der Waals surface area contributed by atoms with Crippen LogP contribution in [0.2, 0.25) is 5.15 Å². The summed E-state index contributed by atoms with van der Waals surface area (Å²) in [6.07, 6.45) is 3.25. The molecule has 0 aliphatic heterocycles. The molecule has 1 saturated carbocycles. The topological polar surface area (TPSA) is 69.9 Å². The second-order valence-electron chi connectivity index (χ2n) is 3.86. The lowest BCUT2D eigenvalue weighted by Crippen LogP contribution is -2.23. The number of methoxy groups -OCH3 is 1. The molecule has 3 rings (SSSR count). The van der Waals surface area contributed by atoms with Gasteiger partial charge in [-0.1, -0.05) is 11.6 Å². The highest BCUT2D eigenvalue weighted by atomic mass is 35.5. The van der Waals surface area contributed by atoms with Crippen molar-refractivity contribution in [2.24, 2.45) is 0 Å². The Bertz CT molecular complexity index is 651.